The van der Waals surface area contributed by atoms with Crippen LogP contribution >= 0.6 is 0 Å². The number of rotatable bonds is 9. The fourth-order valence-corrected chi connectivity index (χ4v) is 3.88. The monoisotopic (exact) mass is 405 g/mol. The molecule has 0 aromatic heterocycles. The maximum atomic E-state index is 6.20. The molecule has 4 rings (SSSR count). The Hall–Kier alpha value is -2.56. The molecule has 0 spiro atoms. The minimum atomic E-state index is 0.188. The summed E-state index contributed by atoms with van der Waals surface area (Å²) in [5, 5.41) is 6.05. The SMILES string of the molecule is CC(C)Oc1ccc(CNCc2c(OCC3CCCO3)ccc3ccccc23)cc1. The lowest BCUT2D eigenvalue weighted by molar-refractivity contribution is 0.0676. The zero-order valence-corrected chi connectivity index (χ0v) is 17.9. The van der Waals surface area contributed by atoms with Gasteiger partial charge in [-0.05, 0) is 61.2 Å². The Balaban J connectivity index is 1.44. The zero-order valence-electron chi connectivity index (χ0n) is 17.9. The summed E-state index contributed by atoms with van der Waals surface area (Å²) >= 11 is 0. The summed E-state index contributed by atoms with van der Waals surface area (Å²) in [6, 6.07) is 21.0. The summed E-state index contributed by atoms with van der Waals surface area (Å²) in [6.45, 7) is 7.07. The van der Waals surface area contributed by atoms with Crippen LogP contribution in [0.2, 0.25) is 0 Å². The molecular weight excluding hydrogens is 374 g/mol. The van der Waals surface area contributed by atoms with E-state index >= 15 is 0 Å². The van der Waals surface area contributed by atoms with Crippen LogP contribution in [0, 0.1) is 0 Å². The number of benzene rings is 3. The largest absolute Gasteiger partial charge is 0.491 e. The first-order valence-electron chi connectivity index (χ1n) is 10.9. The molecule has 4 heteroatoms. The number of ether oxygens (including phenoxy) is 3. The summed E-state index contributed by atoms with van der Waals surface area (Å²) < 4.78 is 17.7. The van der Waals surface area contributed by atoms with Gasteiger partial charge in [-0.3, -0.25) is 0 Å². The van der Waals surface area contributed by atoms with Crippen molar-refractivity contribution in [3.63, 3.8) is 0 Å². The van der Waals surface area contributed by atoms with Gasteiger partial charge in [0.05, 0.1) is 12.2 Å². The molecule has 0 aliphatic carbocycles. The van der Waals surface area contributed by atoms with Crippen LogP contribution in [-0.2, 0) is 17.8 Å². The third-order valence-corrected chi connectivity index (χ3v) is 5.37. The summed E-state index contributed by atoms with van der Waals surface area (Å²) in [6.07, 6.45) is 2.61. The van der Waals surface area contributed by atoms with Crippen molar-refractivity contribution in [2.24, 2.45) is 0 Å². The van der Waals surface area contributed by atoms with Crippen molar-refractivity contribution < 1.29 is 14.2 Å². The van der Waals surface area contributed by atoms with Crippen molar-refractivity contribution in [3.8, 4) is 11.5 Å². The molecule has 1 aliphatic rings. The van der Waals surface area contributed by atoms with Crippen molar-refractivity contribution in [3.05, 3.63) is 71.8 Å². The van der Waals surface area contributed by atoms with E-state index in [1.165, 1.54) is 21.9 Å². The standard InChI is InChI=1S/C26H31NO3/c1-19(2)30-22-12-9-20(10-13-22)16-27-17-25-24-8-4-3-6-21(24)11-14-26(25)29-18-23-7-5-15-28-23/h3-4,6,8-14,19,23,27H,5,7,15-18H2,1-2H3. The van der Waals surface area contributed by atoms with E-state index in [0.29, 0.717) is 6.61 Å². The third kappa shape index (κ3) is 5.32. The molecule has 3 aromatic rings. The van der Waals surface area contributed by atoms with Gasteiger partial charge < -0.3 is 19.5 Å². The fraction of sp³-hybridized carbons (Fsp3) is 0.385. The molecule has 0 amide bonds. The van der Waals surface area contributed by atoms with E-state index < -0.39 is 0 Å². The Morgan fingerprint density at radius 1 is 1.00 bits per heavy atom. The van der Waals surface area contributed by atoms with E-state index in [1.807, 2.05) is 26.0 Å². The van der Waals surface area contributed by atoms with Crippen molar-refractivity contribution in [2.45, 2.75) is 52.0 Å². The summed E-state index contributed by atoms with van der Waals surface area (Å²) in [5.74, 6) is 1.85. The second-order valence-electron chi connectivity index (χ2n) is 8.12. The molecule has 0 radical (unpaired) electrons. The molecule has 3 aromatic carbocycles. The van der Waals surface area contributed by atoms with Crippen LogP contribution in [0.1, 0.15) is 37.8 Å². The Morgan fingerprint density at radius 2 is 1.83 bits per heavy atom. The van der Waals surface area contributed by atoms with E-state index in [0.717, 1.165) is 44.0 Å². The first-order valence-corrected chi connectivity index (χ1v) is 10.9. The molecule has 1 heterocycles. The Morgan fingerprint density at radius 3 is 2.60 bits per heavy atom. The predicted molar refractivity (Wildman–Crippen MR) is 121 cm³/mol. The molecule has 1 atom stereocenters. The lowest BCUT2D eigenvalue weighted by atomic mass is 10.0. The number of nitrogens with one attached hydrogen (secondary N) is 1. The molecule has 0 bridgehead atoms. The van der Waals surface area contributed by atoms with Gasteiger partial charge in [-0.25, -0.2) is 0 Å². The normalized spacial score (nSPS) is 16.3. The molecule has 0 saturated carbocycles. The van der Waals surface area contributed by atoms with Crippen LogP contribution in [0.4, 0.5) is 0 Å². The average Bonchev–Trinajstić information content (AvgIpc) is 3.27. The third-order valence-electron chi connectivity index (χ3n) is 5.37. The number of hydrogen-bond donors (Lipinski definition) is 1. The molecule has 4 nitrogen and oxygen atoms in total. The highest BCUT2D eigenvalue weighted by Gasteiger charge is 2.17. The summed E-state index contributed by atoms with van der Waals surface area (Å²) in [4.78, 5) is 0. The molecule has 158 valence electrons. The van der Waals surface area contributed by atoms with E-state index in [4.69, 9.17) is 14.2 Å². The average molecular weight is 406 g/mol. The van der Waals surface area contributed by atoms with Crippen LogP contribution in [-0.4, -0.2) is 25.4 Å². The lowest BCUT2D eigenvalue weighted by Gasteiger charge is -2.17. The number of fused-ring (bicyclic) bond motifs is 1. The minimum Gasteiger partial charge on any atom is -0.491 e. The number of hydrogen-bond acceptors (Lipinski definition) is 4. The van der Waals surface area contributed by atoms with Crippen LogP contribution in [0.3, 0.4) is 0 Å². The van der Waals surface area contributed by atoms with Gasteiger partial charge in [0.15, 0.2) is 0 Å². The van der Waals surface area contributed by atoms with Crippen molar-refractivity contribution >= 4 is 10.8 Å². The summed E-state index contributed by atoms with van der Waals surface area (Å²) in [5.41, 5.74) is 2.43. The van der Waals surface area contributed by atoms with Crippen LogP contribution in [0.5, 0.6) is 11.5 Å². The second-order valence-corrected chi connectivity index (χ2v) is 8.12. The first-order chi connectivity index (χ1) is 14.7. The Labute approximate surface area is 179 Å². The minimum absolute atomic E-state index is 0.188. The van der Waals surface area contributed by atoms with Gasteiger partial charge in [0.1, 0.15) is 18.1 Å². The van der Waals surface area contributed by atoms with Gasteiger partial charge in [-0.15, -0.1) is 0 Å². The molecule has 1 aliphatic heterocycles. The molecule has 1 N–H and O–H groups in total. The van der Waals surface area contributed by atoms with Crippen LogP contribution in [0.15, 0.2) is 60.7 Å². The molecule has 1 fully saturated rings. The fourth-order valence-electron chi connectivity index (χ4n) is 3.88. The van der Waals surface area contributed by atoms with E-state index in [9.17, 15) is 0 Å². The van der Waals surface area contributed by atoms with Gasteiger partial charge in [0.25, 0.3) is 0 Å². The molecule has 1 unspecified atom stereocenters. The zero-order chi connectivity index (χ0) is 20.8. The second kappa shape index (κ2) is 9.96. The maximum Gasteiger partial charge on any atom is 0.124 e. The quantitative estimate of drug-likeness (QED) is 0.512. The van der Waals surface area contributed by atoms with Crippen molar-refractivity contribution in [1.29, 1.82) is 0 Å². The van der Waals surface area contributed by atoms with Crippen molar-refractivity contribution in [2.75, 3.05) is 13.2 Å². The Bertz CT molecular complexity index is 946. The summed E-state index contributed by atoms with van der Waals surface area (Å²) in [7, 11) is 0. The predicted octanol–water partition coefficient (Wildman–Crippen LogP) is 5.47. The smallest absolute Gasteiger partial charge is 0.124 e. The van der Waals surface area contributed by atoms with Gasteiger partial charge in [0, 0.05) is 25.3 Å². The highest BCUT2D eigenvalue weighted by molar-refractivity contribution is 5.87. The molecule has 30 heavy (non-hydrogen) atoms. The topological polar surface area (TPSA) is 39.7 Å². The van der Waals surface area contributed by atoms with Gasteiger partial charge in [-0.1, -0.05) is 42.5 Å². The van der Waals surface area contributed by atoms with Crippen LogP contribution < -0.4 is 14.8 Å². The van der Waals surface area contributed by atoms with Crippen LogP contribution in [0.25, 0.3) is 10.8 Å². The maximum absolute atomic E-state index is 6.20. The molecular formula is C26H31NO3. The van der Waals surface area contributed by atoms with Gasteiger partial charge in [-0.2, -0.15) is 0 Å². The highest BCUT2D eigenvalue weighted by atomic mass is 16.5. The first kappa shape index (κ1) is 20.7. The van der Waals surface area contributed by atoms with Gasteiger partial charge in [0.2, 0.25) is 0 Å². The molecule has 1 saturated heterocycles. The van der Waals surface area contributed by atoms with Crippen molar-refractivity contribution in [1.82, 2.24) is 5.32 Å². The Kier molecular flexibility index (Phi) is 6.88. The van der Waals surface area contributed by atoms with E-state index in [1.54, 1.807) is 0 Å². The lowest BCUT2D eigenvalue weighted by Crippen LogP contribution is -2.18. The highest BCUT2D eigenvalue weighted by Crippen LogP contribution is 2.29. The van der Waals surface area contributed by atoms with E-state index in [2.05, 4.69) is 53.8 Å². The van der Waals surface area contributed by atoms with E-state index in [-0.39, 0.29) is 12.2 Å². The van der Waals surface area contributed by atoms with Gasteiger partial charge >= 0.3 is 0 Å².